The average molecular weight is 547 g/mol. The lowest BCUT2D eigenvalue weighted by Crippen LogP contribution is -2.15. The molecule has 0 aliphatic carbocycles. The van der Waals surface area contributed by atoms with Gasteiger partial charge in [-0.05, 0) is 38.8 Å². The van der Waals surface area contributed by atoms with E-state index in [0.717, 1.165) is 17.3 Å². The zero-order valence-electron chi connectivity index (χ0n) is 20.7. The van der Waals surface area contributed by atoms with Crippen LogP contribution in [-0.2, 0) is 30.2 Å². The number of carbonyl (C=O) groups excluding carboxylic acids is 2. The first-order chi connectivity index (χ1) is 16.5. The zero-order chi connectivity index (χ0) is 25.0. The molecule has 0 fully saturated rings. The monoisotopic (exact) mass is 546 g/mol. The van der Waals surface area contributed by atoms with E-state index in [1.807, 2.05) is 0 Å². The Morgan fingerprint density at radius 2 is 1.50 bits per heavy atom. The number of rotatable bonds is 21. The van der Waals surface area contributed by atoms with Crippen molar-refractivity contribution in [2.24, 2.45) is 0 Å². The highest BCUT2D eigenvalue weighted by Crippen LogP contribution is 2.34. The largest absolute Gasteiger partial charge is 0.493 e. The minimum Gasteiger partial charge on any atom is -0.493 e. The second-order valence-electron chi connectivity index (χ2n) is 7.36. The van der Waals surface area contributed by atoms with E-state index in [2.05, 4.69) is 22.9 Å². The fraction of sp³-hybridized carbons (Fsp3) is 0.680. The number of hydrogen-bond acceptors (Lipinski definition) is 8. The smallest absolute Gasteiger partial charge is 0.305 e. The van der Waals surface area contributed by atoms with Crippen molar-refractivity contribution >= 4 is 27.7 Å². The van der Waals surface area contributed by atoms with Crippen molar-refractivity contribution in [2.75, 3.05) is 64.8 Å². The summed E-state index contributed by atoms with van der Waals surface area (Å²) in [6.45, 7) is 9.47. The average Bonchev–Trinajstić information content (AvgIpc) is 2.81. The second kappa shape index (κ2) is 19.6. The van der Waals surface area contributed by atoms with Gasteiger partial charge < -0.3 is 28.4 Å². The van der Waals surface area contributed by atoms with Gasteiger partial charge >= 0.3 is 5.97 Å². The molecule has 9 heteroatoms. The molecule has 0 spiro atoms. The SMILES string of the molecule is CCCc1c(OCCCC(=O)OCC)ccc(C(C)=O)c1OCCOCCOCCOCCBr. The lowest BCUT2D eigenvalue weighted by molar-refractivity contribution is -0.143. The van der Waals surface area contributed by atoms with Crippen LogP contribution in [0.5, 0.6) is 11.5 Å². The van der Waals surface area contributed by atoms with Gasteiger partial charge in [-0.2, -0.15) is 0 Å². The number of Topliss-reactive ketones (excluding diaryl/α,β-unsaturated/α-hetero) is 1. The van der Waals surface area contributed by atoms with Gasteiger partial charge in [0.2, 0.25) is 0 Å². The normalized spacial score (nSPS) is 10.8. The number of carbonyl (C=O) groups is 2. The Hall–Kier alpha value is -1.68. The lowest BCUT2D eigenvalue weighted by Gasteiger charge is -2.19. The van der Waals surface area contributed by atoms with Crippen LogP contribution in [0.25, 0.3) is 0 Å². The molecule has 0 bridgehead atoms. The Kier molecular flexibility index (Phi) is 17.5. The van der Waals surface area contributed by atoms with Gasteiger partial charge in [0.25, 0.3) is 0 Å². The first kappa shape index (κ1) is 30.4. The van der Waals surface area contributed by atoms with Crippen molar-refractivity contribution < 1.29 is 38.0 Å². The van der Waals surface area contributed by atoms with E-state index in [0.29, 0.717) is 95.8 Å². The van der Waals surface area contributed by atoms with Crippen molar-refractivity contribution in [3.8, 4) is 11.5 Å². The number of benzene rings is 1. The van der Waals surface area contributed by atoms with Gasteiger partial charge in [0.15, 0.2) is 5.78 Å². The number of halogens is 1. The standard InChI is InChI=1S/C25H39BrO8/c1-4-7-22-23(33-12-6-8-24(28)32-5-2)10-9-21(20(3)27)25(22)34-19-18-31-17-16-30-15-14-29-13-11-26/h9-10H,4-8,11-19H2,1-3H3. The molecule has 1 rings (SSSR count). The molecule has 0 N–H and O–H groups in total. The van der Waals surface area contributed by atoms with E-state index in [1.165, 1.54) is 6.92 Å². The molecule has 0 saturated heterocycles. The summed E-state index contributed by atoms with van der Waals surface area (Å²) in [5, 5.41) is 0.811. The molecular weight excluding hydrogens is 508 g/mol. The third-order valence-electron chi connectivity index (χ3n) is 4.62. The lowest BCUT2D eigenvalue weighted by atomic mass is 10.0. The maximum Gasteiger partial charge on any atom is 0.305 e. The Morgan fingerprint density at radius 3 is 2.09 bits per heavy atom. The molecule has 0 aliphatic rings. The molecule has 1 aromatic carbocycles. The van der Waals surface area contributed by atoms with Gasteiger partial charge in [-0.1, -0.05) is 29.3 Å². The molecule has 0 amide bonds. The molecule has 8 nitrogen and oxygen atoms in total. The van der Waals surface area contributed by atoms with Crippen LogP contribution in [0, 0.1) is 0 Å². The number of ketones is 1. The summed E-state index contributed by atoms with van der Waals surface area (Å²) in [4.78, 5) is 23.7. The summed E-state index contributed by atoms with van der Waals surface area (Å²) >= 11 is 3.30. The van der Waals surface area contributed by atoms with E-state index in [1.54, 1.807) is 19.1 Å². The van der Waals surface area contributed by atoms with Crippen molar-refractivity contribution in [1.29, 1.82) is 0 Å². The minimum absolute atomic E-state index is 0.0716. The molecule has 0 radical (unpaired) electrons. The maximum absolute atomic E-state index is 12.2. The first-order valence-electron chi connectivity index (χ1n) is 11.9. The minimum atomic E-state index is -0.232. The zero-order valence-corrected chi connectivity index (χ0v) is 22.3. The van der Waals surface area contributed by atoms with Gasteiger partial charge in [-0.3, -0.25) is 9.59 Å². The molecule has 0 heterocycles. The van der Waals surface area contributed by atoms with E-state index in [-0.39, 0.29) is 11.8 Å². The number of alkyl halides is 1. The van der Waals surface area contributed by atoms with Crippen molar-refractivity contribution in [2.45, 2.75) is 46.5 Å². The Labute approximate surface area is 211 Å². The molecule has 0 atom stereocenters. The molecule has 0 aromatic heterocycles. The Morgan fingerprint density at radius 1 is 0.853 bits per heavy atom. The topological polar surface area (TPSA) is 89.5 Å². The molecular formula is C25H39BrO8. The second-order valence-corrected chi connectivity index (χ2v) is 8.15. The summed E-state index contributed by atoms with van der Waals surface area (Å²) < 4.78 is 33.2. The molecule has 0 aliphatic heterocycles. The van der Waals surface area contributed by atoms with Crippen LogP contribution in [0.3, 0.4) is 0 Å². The quantitative estimate of drug-likeness (QED) is 0.0970. The van der Waals surface area contributed by atoms with Gasteiger partial charge in [0.05, 0.1) is 58.4 Å². The predicted molar refractivity (Wildman–Crippen MR) is 134 cm³/mol. The van der Waals surface area contributed by atoms with Gasteiger partial charge in [0, 0.05) is 17.3 Å². The van der Waals surface area contributed by atoms with E-state index < -0.39 is 0 Å². The molecule has 34 heavy (non-hydrogen) atoms. The summed E-state index contributed by atoms with van der Waals surface area (Å²) in [7, 11) is 0. The fourth-order valence-corrected chi connectivity index (χ4v) is 3.33. The van der Waals surface area contributed by atoms with Crippen molar-refractivity contribution in [3.05, 3.63) is 23.3 Å². The highest BCUT2D eigenvalue weighted by molar-refractivity contribution is 9.09. The van der Waals surface area contributed by atoms with Crippen LogP contribution >= 0.6 is 15.9 Å². The molecule has 0 saturated carbocycles. The number of esters is 1. The van der Waals surface area contributed by atoms with Crippen molar-refractivity contribution in [1.82, 2.24) is 0 Å². The highest BCUT2D eigenvalue weighted by atomic mass is 79.9. The van der Waals surface area contributed by atoms with Crippen LogP contribution in [-0.4, -0.2) is 76.5 Å². The fourth-order valence-electron chi connectivity index (χ4n) is 3.10. The third kappa shape index (κ3) is 12.7. The van der Waals surface area contributed by atoms with E-state index in [4.69, 9.17) is 28.4 Å². The van der Waals surface area contributed by atoms with Gasteiger partial charge in [0.1, 0.15) is 18.1 Å². The number of hydrogen-bond donors (Lipinski definition) is 0. The summed E-state index contributed by atoms with van der Waals surface area (Å²) in [5.74, 6) is 0.907. The van der Waals surface area contributed by atoms with E-state index >= 15 is 0 Å². The maximum atomic E-state index is 12.2. The predicted octanol–water partition coefficient (Wildman–Crippen LogP) is 4.39. The Bertz CT molecular complexity index is 710. The summed E-state index contributed by atoms with van der Waals surface area (Å²) in [5.41, 5.74) is 1.38. The number of ether oxygens (including phenoxy) is 6. The van der Waals surface area contributed by atoms with Crippen LogP contribution in [0.15, 0.2) is 12.1 Å². The first-order valence-corrected chi connectivity index (χ1v) is 13.0. The van der Waals surface area contributed by atoms with Crippen LogP contribution in [0.1, 0.15) is 56.0 Å². The molecule has 194 valence electrons. The third-order valence-corrected chi connectivity index (χ3v) is 4.95. The summed E-state index contributed by atoms with van der Waals surface area (Å²) in [6.07, 6.45) is 2.42. The van der Waals surface area contributed by atoms with Crippen LogP contribution in [0.2, 0.25) is 0 Å². The van der Waals surface area contributed by atoms with Crippen LogP contribution in [0.4, 0.5) is 0 Å². The van der Waals surface area contributed by atoms with Gasteiger partial charge in [-0.15, -0.1) is 0 Å². The van der Waals surface area contributed by atoms with Crippen LogP contribution < -0.4 is 9.47 Å². The molecule has 0 unspecified atom stereocenters. The Balaban J connectivity index is 2.58. The summed E-state index contributed by atoms with van der Waals surface area (Å²) in [6, 6.07) is 3.53. The van der Waals surface area contributed by atoms with E-state index in [9.17, 15) is 9.59 Å². The molecule has 1 aromatic rings. The van der Waals surface area contributed by atoms with Gasteiger partial charge in [-0.25, -0.2) is 0 Å². The highest BCUT2D eigenvalue weighted by Gasteiger charge is 2.18. The van der Waals surface area contributed by atoms with Crippen molar-refractivity contribution in [3.63, 3.8) is 0 Å².